The molecular weight excluding hydrogens is 1070 g/mol. The van der Waals surface area contributed by atoms with Crippen LogP contribution in [-0.4, -0.2) is 180 Å². The zero-order valence-corrected chi connectivity index (χ0v) is 45.7. The Hall–Kier alpha value is -8.74. The number of carbonyl (C=O) groups excluding carboxylic acids is 10. The number of hydrogen-bond donors (Lipinski definition) is 17. The van der Waals surface area contributed by atoms with Crippen molar-refractivity contribution in [1.29, 1.82) is 0 Å². The maximum absolute atomic E-state index is 14.0. The molecule has 448 valence electrons. The minimum Gasteiger partial charge on any atom is -0.481 e. The van der Waals surface area contributed by atoms with Crippen LogP contribution in [0.5, 0.6) is 0 Å². The summed E-state index contributed by atoms with van der Waals surface area (Å²) in [7, 11) is 0. The molecule has 0 radical (unpaired) electrons. The molecule has 0 aliphatic carbocycles. The molecule has 11 atom stereocenters. The molecule has 0 saturated heterocycles. The van der Waals surface area contributed by atoms with E-state index in [0.29, 0.717) is 16.5 Å². The number of benzene rings is 1. The summed E-state index contributed by atoms with van der Waals surface area (Å²) in [5.74, 6) is -19.3. The molecule has 0 bridgehead atoms. The lowest BCUT2D eigenvalue weighted by atomic mass is 9.97. The molecule has 0 spiro atoms. The zero-order valence-electron chi connectivity index (χ0n) is 45.7. The summed E-state index contributed by atoms with van der Waals surface area (Å²) in [6.07, 6.45) is -4.41. The van der Waals surface area contributed by atoms with E-state index in [-0.39, 0.29) is 12.8 Å². The second-order valence-corrected chi connectivity index (χ2v) is 19.9. The van der Waals surface area contributed by atoms with Crippen LogP contribution < -0.4 is 59.3 Å². The van der Waals surface area contributed by atoms with Gasteiger partial charge in [-0.1, -0.05) is 66.2 Å². The standard InChI is InChI=1S/C50H74N12O19/c1-8-23(6)40(60-34(65)20-54-47(77)41(24(7)63)62-45(75)31(17-36(68)69)57-46(76)38(52)21(2)3)49(79)55-28(13-14-33(51)64)42(72)61-39(22(4)5)48(78)58-30(16-35(66)67)44(74)56-29(43(73)59-32(50(80)81)18-37(70)71)15-25-19-53-27-12-10-9-11-26(25)27/h9-12,19,21-24,28-32,38-41,53,63H,8,13-18,20,52H2,1-7H3,(H2,51,64)(H,54,77)(H,55,79)(H,56,74)(H,57,76)(H,58,78)(H,59,73)(H,60,65)(H,61,72)(H,62,75)(H,66,67)(H,68,69)(H,70,71)(H,80,81)/t23-,24+,28-,29-,30-,31-,32-,38-,39-,40-,41-/m0/s1. The Bertz CT molecular complexity index is 2640. The fraction of sp³-hybridized carbons (Fsp3) is 0.560. The highest BCUT2D eigenvalue weighted by atomic mass is 16.4. The van der Waals surface area contributed by atoms with Crippen molar-refractivity contribution in [3.05, 3.63) is 36.0 Å². The van der Waals surface area contributed by atoms with Crippen molar-refractivity contribution in [3.63, 3.8) is 0 Å². The van der Waals surface area contributed by atoms with Crippen LogP contribution in [0, 0.1) is 17.8 Å². The van der Waals surface area contributed by atoms with Crippen LogP contribution in [-0.2, 0) is 73.5 Å². The first-order chi connectivity index (χ1) is 37.8. The van der Waals surface area contributed by atoms with Crippen LogP contribution in [0.3, 0.4) is 0 Å². The summed E-state index contributed by atoms with van der Waals surface area (Å²) in [6.45, 7) is 9.47. The first kappa shape index (κ1) is 68.4. The quantitative estimate of drug-likeness (QED) is 0.0310. The van der Waals surface area contributed by atoms with Gasteiger partial charge in [-0.3, -0.25) is 62.3 Å². The number of primary amides is 1. The highest BCUT2D eigenvalue weighted by molar-refractivity contribution is 6.00. The number of amides is 10. The highest BCUT2D eigenvalue weighted by Gasteiger charge is 2.38. The van der Waals surface area contributed by atoms with E-state index in [4.69, 9.17) is 11.5 Å². The minimum atomic E-state index is -1.99. The molecule has 81 heavy (non-hydrogen) atoms. The van der Waals surface area contributed by atoms with Gasteiger partial charge in [-0.2, -0.15) is 0 Å². The normalized spacial score (nSPS) is 15.2. The number of carboxylic acid groups (broad SMARTS) is 4. The number of fused-ring (bicyclic) bond motifs is 1. The molecule has 0 aliphatic heterocycles. The number of aliphatic carboxylic acids is 4. The lowest BCUT2D eigenvalue weighted by Crippen LogP contribution is -2.61. The first-order valence-electron chi connectivity index (χ1n) is 25.6. The summed E-state index contributed by atoms with van der Waals surface area (Å²) in [6, 6.07) is -8.39. The van der Waals surface area contributed by atoms with Crippen molar-refractivity contribution in [2.45, 2.75) is 154 Å². The number of hydrogen-bond acceptors (Lipinski definition) is 16. The minimum absolute atomic E-state index is 0.220. The number of aliphatic hydroxyl groups is 1. The fourth-order valence-electron chi connectivity index (χ4n) is 7.72. The highest BCUT2D eigenvalue weighted by Crippen LogP contribution is 2.20. The number of nitrogens with two attached hydrogens (primary N) is 2. The lowest BCUT2D eigenvalue weighted by Gasteiger charge is -2.29. The Morgan fingerprint density at radius 1 is 0.543 bits per heavy atom. The van der Waals surface area contributed by atoms with Gasteiger partial charge < -0.3 is 89.8 Å². The van der Waals surface area contributed by atoms with E-state index in [9.17, 15) is 92.7 Å². The molecule has 31 heteroatoms. The molecule has 31 nitrogen and oxygen atoms in total. The molecule has 1 aromatic heterocycles. The van der Waals surface area contributed by atoms with Gasteiger partial charge >= 0.3 is 23.9 Å². The van der Waals surface area contributed by atoms with Crippen molar-refractivity contribution in [1.82, 2.24) is 52.8 Å². The van der Waals surface area contributed by atoms with Crippen LogP contribution in [0.15, 0.2) is 30.5 Å². The van der Waals surface area contributed by atoms with E-state index < -0.39 is 200 Å². The Kier molecular flexibility index (Phi) is 27.3. The van der Waals surface area contributed by atoms with E-state index in [1.807, 2.05) is 0 Å². The average molecular weight is 1150 g/mol. The smallest absolute Gasteiger partial charge is 0.326 e. The number of para-hydroxylation sites is 1. The van der Waals surface area contributed by atoms with Gasteiger partial charge in [-0.15, -0.1) is 0 Å². The number of rotatable bonds is 35. The van der Waals surface area contributed by atoms with Crippen LogP contribution in [0.4, 0.5) is 0 Å². The second-order valence-electron chi connectivity index (χ2n) is 19.9. The van der Waals surface area contributed by atoms with Crippen LogP contribution in [0.1, 0.15) is 92.6 Å². The average Bonchev–Trinajstić information content (AvgIpc) is 3.80. The molecule has 2 rings (SSSR count). The van der Waals surface area contributed by atoms with Crippen molar-refractivity contribution >= 4 is 93.9 Å². The number of aromatic amines is 1. The van der Waals surface area contributed by atoms with Crippen molar-refractivity contribution in [2.75, 3.05) is 6.54 Å². The van der Waals surface area contributed by atoms with Crippen molar-refractivity contribution in [3.8, 4) is 0 Å². The summed E-state index contributed by atoms with van der Waals surface area (Å²) in [5, 5.41) is 69.4. The van der Waals surface area contributed by atoms with E-state index in [1.165, 1.54) is 27.0 Å². The largest absolute Gasteiger partial charge is 0.481 e. The second kappa shape index (κ2) is 32.4. The van der Waals surface area contributed by atoms with Crippen molar-refractivity contribution in [2.24, 2.45) is 29.2 Å². The molecule has 19 N–H and O–H groups in total. The monoisotopic (exact) mass is 1150 g/mol. The molecule has 0 unspecified atom stereocenters. The first-order valence-corrected chi connectivity index (χ1v) is 25.6. The van der Waals surface area contributed by atoms with Gasteiger partial charge in [-0.25, -0.2) is 4.79 Å². The Morgan fingerprint density at radius 3 is 1.53 bits per heavy atom. The maximum atomic E-state index is 14.0. The van der Waals surface area contributed by atoms with Gasteiger partial charge in [0.2, 0.25) is 59.1 Å². The number of carbonyl (C=O) groups is 14. The van der Waals surface area contributed by atoms with E-state index in [2.05, 4.69) is 52.8 Å². The van der Waals surface area contributed by atoms with E-state index in [0.717, 1.165) is 6.92 Å². The van der Waals surface area contributed by atoms with Crippen molar-refractivity contribution < 1.29 is 92.7 Å². The van der Waals surface area contributed by atoms with Gasteiger partial charge in [0.1, 0.15) is 48.3 Å². The molecule has 2 aromatic rings. The Balaban J connectivity index is 2.35. The lowest BCUT2D eigenvalue weighted by molar-refractivity contribution is -0.147. The predicted molar refractivity (Wildman–Crippen MR) is 282 cm³/mol. The van der Waals surface area contributed by atoms with Gasteiger partial charge in [0.25, 0.3) is 0 Å². The third-order valence-corrected chi connectivity index (χ3v) is 12.6. The molecule has 0 aliphatic rings. The topological polar surface area (TPSA) is 516 Å². The summed E-state index contributed by atoms with van der Waals surface area (Å²) < 4.78 is 0. The third kappa shape index (κ3) is 22.5. The summed E-state index contributed by atoms with van der Waals surface area (Å²) in [5.41, 5.74) is 12.2. The van der Waals surface area contributed by atoms with Gasteiger partial charge in [0.15, 0.2) is 0 Å². The van der Waals surface area contributed by atoms with E-state index in [1.54, 1.807) is 45.0 Å². The third-order valence-electron chi connectivity index (χ3n) is 12.6. The molecular formula is C50H74N12O19. The Morgan fingerprint density at radius 2 is 1.01 bits per heavy atom. The molecule has 1 heterocycles. The number of H-pyrrole nitrogens is 1. The fourth-order valence-corrected chi connectivity index (χ4v) is 7.72. The van der Waals surface area contributed by atoms with Gasteiger partial charge in [-0.05, 0) is 42.7 Å². The predicted octanol–water partition coefficient (Wildman–Crippen LogP) is -4.45. The number of nitrogens with one attached hydrogen (secondary N) is 10. The van der Waals surface area contributed by atoms with Crippen LogP contribution in [0.25, 0.3) is 10.9 Å². The number of carboxylic acids is 4. The van der Waals surface area contributed by atoms with Gasteiger partial charge in [0, 0.05) is 29.9 Å². The summed E-state index contributed by atoms with van der Waals surface area (Å²) >= 11 is 0. The maximum Gasteiger partial charge on any atom is 0.326 e. The number of aromatic nitrogens is 1. The summed E-state index contributed by atoms with van der Waals surface area (Å²) in [4.78, 5) is 184. The molecule has 0 saturated carbocycles. The zero-order chi connectivity index (χ0) is 61.6. The number of aliphatic hydroxyl groups excluding tert-OH is 1. The molecule has 10 amide bonds. The molecule has 0 fully saturated rings. The Labute approximate surface area is 464 Å². The van der Waals surface area contributed by atoms with E-state index >= 15 is 0 Å². The van der Waals surface area contributed by atoms with Gasteiger partial charge in [0.05, 0.1) is 38.0 Å². The van der Waals surface area contributed by atoms with Crippen LogP contribution >= 0.6 is 0 Å². The van der Waals surface area contributed by atoms with Crippen LogP contribution in [0.2, 0.25) is 0 Å². The SMILES string of the molecule is CC[C@H](C)[C@H](NC(=O)CNC(=O)[C@@H](NC(=O)[C@H](CC(=O)O)NC(=O)[C@@H](N)C(C)C)[C@@H](C)O)C(=O)N[C@@H](CCC(N)=O)C(=O)N[C@H](C(=O)N[C@@H](CC(=O)O)C(=O)N[C@@H](Cc1c[nH]c2ccccc12)C(=O)N[C@@H](CC(=O)O)C(=O)O)C(C)C. The molecule has 1 aromatic carbocycles.